The molecule has 2 atom stereocenters. The van der Waals surface area contributed by atoms with Crippen molar-refractivity contribution in [1.29, 1.82) is 0 Å². The van der Waals surface area contributed by atoms with E-state index in [1.165, 1.54) is 12.1 Å². The Labute approximate surface area is 199 Å². The van der Waals surface area contributed by atoms with E-state index >= 15 is 0 Å². The molecule has 1 aliphatic rings. The highest BCUT2D eigenvalue weighted by molar-refractivity contribution is 5.70. The molecule has 0 saturated carbocycles. The molecule has 34 heavy (non-hydrogen) atoms. The lowest BCUT2D eigenvalue weighted by Crippen LogP contribution is -2.48. The number of aryl methyl sites for hydroxylation is 2. The molecule has 178 valence electrons. The van der Waals surface area contributed by atoms with Gasteiger partial charge in [0.05, 0.1) is 11.7 Å². The van der Waals surface area contributed by atoms with Gasteiger partial charge in [-0.2, -0.15) is 0 Å². The molecule has 0 bridgehead atoms. The fourth-order valence-electron chi connectivity index (χ4n) is 4.64. The highest BCUT2D eigenvalue weighted by atomic mass is 19.1. The van der Waals surface area contributed by atoms with E-state index in [4.69, 9.17) is 4.74 Å². The van der Waals surface area contributed by atoms with Crippen LogP contribution in [-0.2, 0) is 10.3 Å². The number of ether oxygens (including phenoxy) is 1. The summed E-state index contributed by atoms with van der Waals surface area (Å²) in [6.45, 7) is 6.30. The van der Waals surface area contributed by atoms with Crippen LogP contribution in [0.2, 0.25) is 0 Å². The van der Waals surface area contributed by atoms with Crippen molar-refractivity contribution in [2.75, 3.05) is 13.2 Å². The zero-order valence-corrected chi connectivity index (χ0v) is 19.8. The van der Waals surface area contributed by atoms with Gasteiger partial charge in [0, 0.05) is 30.8 Å². The van der Waals surface area contributed by atoms with Crippen LogP contribution >= 0.6 is 0 Å². The summed E-state index contributed by atoms with van der Waals surface area (Å²) in [5, 5.41) is 9.37. The number of hydrogen-bond donors (Lipinski definition) is 1. The molecule has 7 heteroatoms. The zero-order valence-electron chi connectivity index (χ0n) is 19.8. The number of aromatic nitrogens is 2. The Bertz CT molecular complexity index is 1130. The number of halogens is 1. The van der Waals surface area contributed by atoms with Crippen LogP contribution in [0.1, 0.15) is 54.9 Å². The summed E-state index contributed by atoms with van der Waals surface area (Å²) in [4.78, 5) is 23.7. The van der Waals surface area contributed by atoms with Crippen LogP contribution in [0.3, 0.4) is 0 Å². The molecular formula is C27H30FN3O3. The minimum atomic E-state index is -0.865. The van der Waals surface area contributed by atoms with Gasteiger partial charge in [-0.3, -0.25) is 0 Å². The maximum absolute atomic E-state index is 13.5. The number of aliphatic hydroxyl groups is 1. The molecule has 1 saturated heterocycles. The molecule has 3 aromatic rings. The van der Waals surface area contributed by atoms with Crippen molar-refractivity contribution in [3.05, 3.63) is 83.1 Å². The molecule has 2 aromatic carbocycles. The van der Waals surface area contributed by atoms with E-state index < -0.39 is 11.7 Å². The average molecular weight is 464 g/mol. The van der Waals surface area contributed by atoms with Crippen molar-refractivity contribution in [3.8, 4) is 11.3 Å². The molecule has 1 aliphatic heterocycles. The number of nitrogens with zero attached hydrogens (tertiary/aromatic N) is 3. The molecule has 4 rings (SSSR count). The van der Waals surface area contributed by atoms with E-state index in [2.05, 4.69) is 9.97 Å². The smallest absolute Gasteiger partial charge is 0.411 e. The maximum Gasteiger partial charge on any atom is 0.411 e. The molecule has 0 radical (unpaired) electrons. The zero-order chi connectivity index (χ0) is 24.3. The summed E-state index contributed by atoms with van der Waals surface area (Å²) >= 11 is 0. The Hall–Kier alpha value is -3.32. The van der Waals surface area contributed by atoms with Gasteiger partial charge in [-0.25, -0.2) is 19.2 Å². The van der Waals surface area contributed by atoms with Gasteiger partial charge in [-0.05, 0) is 62.9 Å². The van der Waals surface area contributed by atoms with Crippen LogP contribution in [0.25, 0.3) is 11.3 Å². The monoisotopic (exact) mass is 463 g/mol. The maximum atomic E-state index is 13.5. The lowest BCUT2D eigenvalue weighted by molar-refractivity contribution is -0.0680. The fourth-order valence-corrected chi connectivity index (χ4v) is 4.64. The summed E-state index contributed by atoms with van der Waals surface area (Å²) in [5.74, 6) is 0.392. The van der Waals surface area contributed by atoms with E-state index in [0.29, 0.717) is 25.8 Å². The van der Waals surface area contributed by atoms with E-state index in [9.17, 15) is 14.3 Å². The molecule has 1 amide bonds. The Kier molecular flexibility index (Phi) is 6.93. The van der Waals surface area contributed by atoms with Gasteiger partial charge in [0.2, 0.25) is 0 Å². The van der Waals surface area contributed by atoms with E-state index in [0.717, 1.165) is 33.9 Å². The number of benzene rings is 2. The van der Waals surface area contributed by atoms with Gasteiger partial charge in [-0.15, -0.1) is 0 Å². The normalized spacial score (nSPS) is 19.1. The second-order valence-corrected chi connectivity index (χ2v) is 8.88. The summed E-state index contributed by atoms with van der Waals surface area (Å²) in [6.07, 6.45) is 1.12. The summed E-state index contributed by atoms with van der Waals surface area (Å²) in [6, 6.07) is 15.9. The lowest BCUT2D eigenvalue weighted by Gasteiger charge is -2.43. The molecule has 1 unspecified atom stereocenters. The first-order chi connectivity index (χ1) is 16.3. The van der Waals surface area contributed by atoms with Crippen molar-refractivity contribution < 1.29 is 19.0 Å². The molecular weight excluding hydrogens is 433 g/mol. The standard InChI is InChI=1S/C27H30FN3O3/c1-18-17-25(30-20(3)29-18)22-7-5-21(6-8-22)19(2)31-15-14-27(13-4-16-32,34-26(31)33)23-9-11-24(28)12-10-23/h5-12,17,19,32H,4,13-16H2,1-3H3/t19-,27?/m0/s1. The van der Waals surface area contributed by atoms with Gasteiger partial charge >= 0.3 is 6.09 Å². The van der Waals surface area contributed by atoms with Crippen LogP contribution in [0.4, 0.5) is 9.18 Å². The summed E-state index contributed by atoms with van der Waals surface area (Å²) in [5.41, 5.74) is 3.66. The predicted molar refractivity (Wildman–Crippen MR) is 128 cm³/mol. The van der Waals surface area contributed by atoms with Gasteiger partial charge in [0.15, 0.2) is 0 Å². The molecule has 2 heterocycles. The predicted octanol–water partition coefficient (Wildman–Crippen LogP) is 5.47. The molecule has 1 aromatic heterocycles. The first kappa shape index (κ1) is 23.8. The number of cyclic esters (lactones) is 1. The van der Waals surface area contributed by atoms with Gasteiger partial charge in [0.1, 0.15) is 17.2 Å². The topological polar surface area (TPSA) is 75.6 Å². The van der Waals surface area contributed by atoms with Crippen molar-refractivity contribution >= 4 is 6.09 Å². The van der Waals surface area contributed by atoms with E-state index in [1.54, 1.807) is 17.0 Å². The molecule has 0 aliphatic carbocycles. The SMILES string of the molecule is Cc1cc(-c2ccc([C@H](C)N3CCC(CCCO)(c4ccc(F)cc4)OC3=O)cc2)nc(C)n1. The first-order valence-corrected chi connectivity index (χ1v) is 11.6. The number of carbonyl (C=O) groups excluding carboxylic acids is 1. The molecule has 0 spiro atoms. The van der Waals surface area contributed by atoms with Crippen LogP contribution in [0.5, 0.6) is 0 Å². The van der Waals surface area contributed by atoms with Crippen LogP contribution in [0, 0.1) is 19.7 Å². The van der Waals surface area contributed by atoms with Gasteiger partial charge in [0.25, 0.3) is 0 Å². The summed E-state index contributed by atoms with van der Waals surface area (Å²) < 4.78 is 19.5. The molecule has 1 fully saturated rings. The van der Waals surface area contributed by atoms with Crippen molar-refractivity contribution in [3.63, 3.8) is 0 Å². The molecule has 1 N–H and O–H groups in total. The fraction of sp³-hybridized carbons (Fsp3) is 0.370. The second kappa shape index (κ2) is 9.89. The van der Waals surface area contributed by atoms with Crippen LogP contribution < -0.4 is 0 Å². The Balaban J connectivity index is 1.52. The average Bonchev–Trinajstić information content (AvgIpc) is 2.82. The number of amides is 1. The number of aliphatic hydroxyl groups excluding tert-OH is 1. The van der Waals surface area contributed by atoms with Crippen LogP contribution in [-0.4, -0.2) is 39.2 Å². The highest BCUT2D eigenvalue weighted by Gasteiger charge is 2.43. The second-order valence-electron chi connectivity index (χ2n) is 8.88. The summed E-state index contributed by atoms with van der Waals surface area (Å²) in [7, 11) is 0. The number of carbonyl (C=O) groups is 1. The lowest BCUT2D eigenvalue weighted by atomic mass is 9.84. The Morgan fingerprint density at radius 2 is 1.82 bits per heavy atom. The highest BCUT2D eigenvalue weighted by Crippen LogP contribution is 2.40. The number of rotatable bonds is 7. The minimum Gasteiger partial charge on any atom is -0.438 e. The third kappa shape index (κ3) is 4.94. The quantitative estimate of drug-likeness (QED) is 0.503. The Morgan fingerprint density at radius 3 is 2.44 bits per heavy atom. The van der Waals surface area contributed by atoms with Crippen molar-refractivity contribution in [2.24, 2.45) is 0 Å². The Morgan fingerprint density at radius 1 is 1.12 bits per heavy atom. The van der Waals surface area contributed by atoms with E-state index in [-0.39, 0.29) is 18.5 Å². The number of hydrogen-bond acceptors (Lipinski definition) is 5. The van der Waals surface area contributed by atoms with Crippen molar-refractivity contribution in [2.45, 2.75) is 51.7 Å². The molecule has 6 nitrogen and oxygen atoms in total. The third-order valence-corrected chi connectivity index (χ3v) is 6.51. The van der Waals surface area contributed by atoms with Crippen LogP contribution in [0.15, 0.2) is 54.6 Å². The largest absolute Gasteiger partial charge is 0.438 e. The minimum absolute atomic E-state index is 0.00164. The van der Waals surface area contributed by atoms with Gasteiger partial charge in [-0.1, -0.05) is 36.4 Å². The van der Waals surface area contributed by atoms with Crippen molar-refractivity contribution in [1.82, 2.24) is 14.9 Å². The third-order valence-electron chi connectivity index (χ3n) is 6.51. The van der Waals surface area contributed by atoms with Gasteiger partial charge < -0.3 is 14.7 Å². The van der Waals surface area contributed by atoms with E-state index in [1.807, 2.05) is 51.1 Å². The first-order valence-electron chi connectivity index (χ1n) is 11.6.